The van der Waals surface area contributed by atoms with Gasteiger partial charge in [0.05, 0.1) is 12.2 Å². The third kappa shape index (κ3) is 2.64. The molecule has 84 valence electrons. The maximum absolute atomic E-state index is 5.48. The van der Waals surface area contributed by atoms with E-state index >= 15 is 0 Å². The Morgan fingerprint density at radius 3 is 2.50 bits per heavy atom. The SMILES string of the molecule is Cc1nc(CNc2ccc(Br)cc2)oc1C. The van der Waals surface area contributed by atoms with Crippen molar-refractivity contribution in [3.05, 3.63) is 46.1 Å². The van der Waals surface area contributed by atoms with Gasteiger partial charge >= 0.3 is 0 Å². The average molecular weight is 281 g/mol. The summed E-state index contributed by atoms with van der Waals surface area (Å²) in [7, 11) is 0. The molecule has 1 aromatic heterocycles. The second-order valence-electron chi connectivity index (χ2n) is 3.61. The lowest BCUT2D eigenvalue weighted by Gasteiger charge is -2.03. The first-order chi connectivity index (χ1) is 7.65. The summed E-state index contributed by atoms with van der Waals surface area (Å²) < 4.78 is 6.55. The van der Waals surface area contributed by atoms with Gasteiger partial charge in [-0.3, -0.25) is 0 Å². The Kier molecular flexibility index (Phi) is 3.29. The van der Waals surface area contributed by atoms with Crippen molar-refractivity contribution in [3.8, 4) is 0 Å². The van der Waals surface area contributed by atoms with Crippen LogP contribution in [0, 0.1) is 13.8 Å². The van der Waals surface area contributed by atoms with Gasteiger partial charge < -0.3 is 9.73 Å². The van der Waals surface area contributed by atoms with E-state index in [4.69, 9.17) is 4.42 Å². The Labute approximate surface area is 103 Å². The van der Waals surface area contributed by atoms with E-state index in [2.05, 4.69) is 26.2 Å². The molecule has 3 nitrogen and oxygen atoms in total. The maximum atomic E-state index is 5.48. The van der Waals surface area contributed by atoms with Crippen molar-refractivity contribution in [2.75, 3.05) is 5.32 Å². The van der Waals surface area contributed by atoms with Crippen molar-refractivity contribution in [2.45, 2.75) is 20.4 Å². The Morgan fingerprint density at radius 1 is 1.25 bits per heavy atom. The van der Waals surface area contributed by atoms with Gasteiger partial charge in [0.25, 0.3) is 0 Å². The van der Waals surface area contributed by atoms with Gasteiger partial charge in [0.1, 0.15) is 5.76 Å². The fraction of sp³-hybridized carbons (Fsp3) is 0.250. The number of halogens is 1. The number of hydrogen-bond acceptors (Lipinski definition) is 3. The van der Waals surface area contributed by atoms with Gasteiger partial charge in [0.15, 0.2) is 0 Å². The second kappa shape index (κ2) is 4.70. The third-order valence-corrected chi connectivity index (χ3v) is 2.89. The van der Waals surface area contributed by atoms with Crippen molar-refractivity contribution in [2.24, 2.45) is 0 Å². The van der Waals surface area contributed by atoms with E-state index in [1.54, 1.807) is 0 Å². The van der Waals surface area contributed by atoms with Crippen LogP contribution in [-0.2, 0) is 6.54 Å². The van der Waals surface area contributed by atoms with Gasteiger partial charge in [-0.1, -0.05) is 15.9 Å². The molecule has 2 aromatic rings. The highest BCUT2D eigenvalue weighted by molar-refractivity contribution is 9.10. The molecule has 0 atom stereocenters. The lowest BCUT2D eigenvalue weighted by Crippen LogP contribution is -1.99. The quantitative estimate of drug-likeness (QED) is 0.932. The summed E-state index contributed by atoms with van der Waals surface area (Å²) in [5, 5.41) is 3.25. The van der Waals surface area contributed by atoms with Gasteiger partial charge in [-0.15, -0.1) is 0 Å². The van der Waals surface area contributed by atoms with Crippen LogP contribution < -0.4 is 5.32 Å². The number of rotatable bonds is 3. The van der Waals surface area contributed by atoms with Crippen molar-refractivity contribution in [3.63, 3.8) is 0 Å². The number of anilines is 1. The minimum atomic E-state index is 0.607. The smallest absolute Gasteiger partial charge is 0.213 e. The second-order valence-corrected chi connectivity index (χ2v) is 4.53. The average Bonchev–Trinajstić information content (AvgIpc) is 2.58. The van der Waals surface area contributed by atoms with Crippen LogP contribution >= 0.6 is 15.9 Å². The summed E-state index contributed by atoms with van der Waals surface area (Å²) in [6.45, 7) is 4.48. The molecule has 0 fully saturated rings. The van der Waals surface area contributed by atoms with E-state index in [0.717, 1.165) is 27.5 Å². The number of oxazole rings is 1. The highest BCUT2D eigenvalue weighted by Gasteiger charge is 2.04. The molecular weight excluding hydrogens is 268 g/mol. The van der Waals surface area contributed by atoms with Gasteiger partial charge in [-0.2, -0.15) is 0 Å². The highest BCUT2D eigenvalue weighted by atomic mass is 79.9. The first-order valence-electron chi connectivity index (χ1n) is 5.07. The summed E-state index contributed by atoms with van der Waals surface area (Å²) in [5.41, 5.74) is 2.00. The number of nitrogens with zero attached hydrogens (tertiary/aromatic N) is 1. The zero-order chi connectivity index (χ0) is 11.5. The predicted octanol–water partition coefficient (Wildman–Crippen LogP) is 3.67. The molecule has 1 aromatic carbocycles. The molecule has 0 bridgehead atoms. The molecular formula is C12H13BrN2O. The standard InChI is InChI=1S/C12H13BrN2O/c1-8-9(2)16-12(15-8)7-14-11-5-3-10(13)4-6-11/h3-6,14H,7H2,1-2H3. The zero-order valence-corrected chi connectivity index (χ0v) is 10.8. The lowest BCUT2D eigenvalue weighted by atomic mass is 10.3. The summed E-state index contributed by atoms with van der Waals surface area (Å²) >= 11 is 3.40. The van der Waals surface area contributed by atoms with Crippen LogP contribution in [0.3, 0.4) is 0 Å². The summed E-state index contributed by atoms with van der Waals surface area (Å²) in [6.07, 6.45) is 0. The Morgan fingerprint density at radius 2 is 1.94 bits per heavy atom. The minimum Gasteiger partial charge on any atom is -0.444 e. The van der Waals surface area contributed by atoms with Gasteiger partial charge in [-0.05, 0) is 38.1 Å². The molecule has 0 radical (unpaired) electrons. The third-order valence-electron chi connectivity index (χ3n) is 2.36. The Balaban J connectivity index is 1.99. The molecule has 16 heavy (non-hydrogen) atoms. The van der Waals surface area contributed by atoms with E-state index in [0.29, 0.717) is 6.54 Å². The van der Waals surface area contributed by atoms with Gasteiger partial charge in [0.2, 0.25) is 5.89 Å². The molecule has 0 saturated carbocycles. The molecule has 0 unspecified atom stereocenters. The molecule has 0 saturated heterocycles. The van der Waals surface area contributed by atoms with Crippen LogP contribution in [0.2, 0.25) is 0 Å². The number of aryl methyl sites for hydroxylation is 2. The Hall–Kier alpha value is -1.29. The van der Waals surface area contributed by atoms with Crippen molar-refractivity contribution < 1.29 is 4.42 Å². The predicted molar refractivity (Wildman–Crippen MR) is 67.4 cm³/mol. The zero-order valence-electron chi connectivity index (χ0n) is 9.25. The van der Waals surface area contributed by atoms with Crippen LogP contribution in [0.25, 0.3) is 0 Å². The molecule has 2 rings (SSSR count). The highest BCUT2D eigenvalue weighted by Crippen LogP contribution is 2.15. The maximum Gasteiger partial charge on any atom is 0.213 e. The monoisotopic (exact) mass is 280 g/mol. The van der Waals surface area contributed by atoms with E-state index < -0.39 is 0 Å². The fourth-order valence-corrected chi connectivity index (χ4v) is 1.62. The lowest BCUT2D eigenvalue weighted by molar-refractivity contribution is 0.478. The van der Waals surface area contributed by atoms with E-state index in [1.165, 1.54) is 0 Å². The number of nitrogens with one attached hydrogen (secondary N) is 1. The van der Waals surface area contributed by atoms with Crippen LogP contribution in [0.15, 0.2) is 33.2 Å². The molecule has 0 aliphatic rings. The van der Waals surface area contributed by atoms with Gasteiger partial charge in [0, 0.05) is 10.2 Å². The molecule has 0 aliphatic heterocycles. The molecule has 0 aliphatic carbocycles. The van der Waals surface area contributed by atoms with Crippen LogP contribution in [0.5, 0.6) is 0 Å². The van der Waals surface area contributed by atoms with Crippen LogP contribution in [0.4, 0.5) is 5.69 Å². The first-order valence-corrected chi connectivity index (χ1v) is 5.87. The van der Waals surface area contributed by atoms with Crippen molar-refractivity contribution >= 4 is 21.6 Å². The minimum absolute atomic E-state index is 0.607. The summed E-state index contributed by atoms with van der Waals surface area (Å²) in [6, 6.07) is 8.00. The molecule has 1 N–H and O–H groups in total. The van der Waals surface area contributed by atoms with Crippen LogP contribution in [0.1, 0.15) is 17.3 Å². The number of benzene rings is 1. The topological polar surface area (TPSA) is 38.1 Å². The number of aromatic nitrogens is 1. The fourth-order valence-electron chi connectivity index (χ4n) is 1.36. The van der Waals surface area contributed by atoms with Crippen molar-refractivity contribution in [1.29, 1.82) is 0 Å². The number of hydrogen-bond donors (Lipinski definition) is 1. The largest absolute Gasteiger partial charge is 0.444 e. The molecule has 0 spiro atoms. The van der Waals surface area contributed by atoms with Crippen molar-refractivity contribution in [1.82, 2.24) is 4.98 Å². The summed E-state index contributed by atoms with van der Waals surface area (Å²) in [5.74, 6) is 1.60. The Bertz CT molecular complexity index is 457. The molecule has 1 heterocycles. The van der Waals surface area contributed by atoms with E-state index in [-0.39, 0.29) is 0 Å². The first kappa shape index (κ1) is 11.2. The van der Waals surface area contributed by atoms with E-state index in [1.807, 2.05) is 38.1 Å². The normalized spacial score (nSPS) is 10.4. The molecule has 4 heteroatoms. The summed E-state index contributed by atoms with van der Waals surface area (Å²) in [4.78, 5) is 4.30. The molecule has 0 amide bonds. The van der Waals surface area contributed by atoms with Crippen LogP contribution in [-0.4, -0.2) is 4.98 Å². The van der Waals surface area contributed by atoms with E-state index in [9.17, 15) is 0 Å². The van der Waals surface area contributed by atoms with Gasteiger partial charge in [-0.25, -0.2) is 4.98 Å².